The van der Waals surface area contributed by atoms with Crippen molar-refractivity contribution in [1.29, 1.82) is 0 Å². The maximum atomic E-state index is 13.0. The van der Waals surface area contributed by atoms with E-state index < -0.39 is 23.6 Å². The van der Waals surface area contributed by atoms with Gasteiger partial charge in [-0.2, -0.15) is 13.2 Å². The van der Waals surface area contributed by atoms with Crippen molar-refractivity contribution in [2.75, 3.05) is 44.8 Å². The number of primary amides is 1. The van der Waals surface area contributed by atoms with Gasteiger partial charge < -0.3 is 20.5 Å². The van der Waals surface area contributed by atoms with Gasteiger partial charge in [0.2, 0.25) is 0 Å². The maximum absolute atomic E-state index is 13.0. The fourth-order valence-corrected chi connectivity index (χ4v) is 4.27. The molecule has 0 atom stereocenters. The van der Waals surface area contributed by atoms with Gasteiger partial charge in [-0.25, -0.2) is 9.97 Å². The van der Waals surface area contributed by atoms with Gasteiger partial charge in [0.05, 0.1) is 23.9 Å². The predicted molar refractivity (Wildman–Crippen MR) is 112 cm³/mol. The largest absolute Gasteiger partial charge is 0.492 e. The number of carbonyl (C=O) groups excluding carboxylic acids is 1. The minimum absolute atomic E-state index is 0.216. The molecule has 0 spiro atoms. The van der Waals surface area contributed by atoms with Gasteiger partial charge in [-0.05, 0) is 18.2 Å². The highest BCUT2D eigenvalue weighted by Gasteiger charge is 2.34. The Morgan fingerprint density at radius 1 is 1.28 bits per heavy atom. The van der Waals surface area contributed by atoms with Gasteiger partial charge in [-0.15, -0.1) is 0 Å². The lowest BCUT2D eigenvalue weighted by Gasteiger charge is -2.26. The SMILES string of the molecule is NC(=O)/C(=C1\Nc2cc(OCCN3CCOCC3)ccc2S1)c1nccc(C(F)(F)F)n1. The Morgan fingerprint density at radius 3 is 2.78 bits per heavy atom. The third-order valence-corrected chi connectivity index (χ3v) is 5.92. The third-order valence-electron chi connectivity index (χ3n) is 4.83. The Balaban J connectivity index is 1.50. The van der Waals surface area contributed by atoms with Crippen molar-refractivity contribution >= 4 is 28.9 Å². The van der Waals surface area contributed by atoms with E-state index in [-0.39, 0.29) is 10.6 Å². The molecule has 8 nitrogen and oxygen atoms in total. The molecule has 3 N–H and O–H groups in total. The third kappa shape index (κ3) is 5.14. The first-order valence-corrected chi connectivity index (χ1v) is 10.6. The molecule has 2 aromatic rings. The summed E-state index contributed by atoms with van der Waals surface area (Å²) in [5.74, 6) is -0.700. The molecule has 0 saturated carbocycles. The van der Waals surface area contributed by atoms with E-state index in [1.165, 1.54) is 0 Å². The van der Waals surface area contributed by atoms with Crippen molar-refractivity contribution in [3.8, 4) is 5.75 Å². The monoisotopic (exact) mass is 467 g/mol. The molecule has 3 heterocycles. The predicted octanol–water partition coefficient (Wildman–Crippen LogP) is 2.58. The highest BCUT2D eigenvalue weighted by molar-refractivity contribution is 8.04. The molecule has 1 aromatic carbocycles. The fraction of sp³-hybridized carbons (Fsp3) is 0.350. The van der Waals surface area contributed by atoms with Crippen molar-refractivity contribution in [2.45, 2.75) is 11.1 Å². The van der Waals surface area contributed by atoms with Crippen LogP contribution >= 0.6 is 11.8 Å². The number of aromatic nitrogens is 2. The average Bonchev–Trinajstić information content (AvgIpc) is 3.16. The first-order chi connectivity index (χ1) is 15.3. The molecule has 0 unspecified atom stereocenters. The second kappa shape index (κ2) is 9.35. The molecule has 0 aliphatic carbocycles. The number of morpholine rings is 1. The smallest absolute Gasteiger partial charge is 0.433 e. The van der Waals surface area contributed by atoms with Crippen molar-refractivity contribution in [3.05, 3.63) is 47.0 Å². The number of carbonyl (C=O) groups is 1. The number of fused-ring (bicyclic) bond motifs is 1. The number of anilines is 1. The molecule has 0 radical (unpaired) electrons. The molecule has 170 valence electrons. The molecule has 4 rings (SSSR count). The molecule has 0 bridgehead atoms. The number of nitrogens with two attached hydrogens (primary N) is 1. The van der Waals surface area contributed by atoms with Crippen molar-refractivity contribution in [1.82, 2.24) is 14.9 Å². The van der Waals surface area contributed by atoms with E-state index in [4.69, 9.17) is 15.2 Å². The minimum atomic E-state index is -4.67. The first-order valence-electron chi connectivity index (χ1n) is 9.78. The number of benzene rings is 1. The Morgan fingerprint density at radius 2 is 2.06 bits per heavy atom. The van der Waals surface area contributed by atoms with Crippen LogP contribution in [0.2, 0.25) is 0 Å². The van der Waals surface area contributed by atoms with Crippen LogP contribution in [0.4, 0.5) is 18.9 Å². The topological polar surface area (TPSA) is 103 Å². The number of amides is 1. The van der Waals surface area contributed by atoms with Crippen LogP contribution in [-0.2, 0) is 15.7 Å². The van der Waals surface area contributed by atoms with Crippen LogP contribution in [0.5, 0.6) is 5.75 Å². The molecule has 1 amide bonds. The molecular weight excluding hydrogens is 447 g/mol. The molecule has 32 heavy (non-hydrogen) atoms. The second-order valence-corrected chi connectivity index (χ2v) is 8.07. The molecule has 2 aliphatic heterocycles. The molecule has 1 saturated heterocycles. The number of rotatable bonds is 6. The van der Waals surface area contributed by atoms with Crippen molar-refractivity contribution < 1.29 is 27.4 Å². The number of halogens is 3. The van der Waals surface area contributed by atoms with Crippen LogP contribution in [0.3, 0.4) is 0 Å². The summed E-state index contributed by atoms with van der Waals surface area (Å²) in [5.41, 5.74) is 4.74. The van der Waals surface area contributed by atoms with Crippen LogP contribution in [0, 0.1) is 0 Å². The number of hydrogen-bond donors (Lipinski definition) is 2. The van der Waals surface area contributed by atoms with E-state index in [0.717, 1.165) is 48.6 Å². The highest BCUT2D eigenvalue weighted by atomic mass is 32.2. The molecule has 2 aliphatic rings. The van der Waals surface area contributed by atoms with Crippen LogP contribution in [0.25, 0.3) is 5.57 Å². The maximum Gasteiger partial charge on any atom is 0.433 e. The lowest BCUT2D eigenvalue weighted by atomic mass is 10.2. The lowest BCUT2D eigenvalue weighted by Crippen LogP contribution is -2.38. The number of nitrogens with zero attached hydrogens (tertiary/aromatic N) is 3. The standard InChI is InChI=1S/C20H20F3N5O3S/c21-20(22,23)15-3-4-25-18(27-15)16(17(24)29)19-26-13-11-12(1-2-14(13)32-19)31-10-7-28-5-8-30-9-6-28/h1-4,11,26H,5-10H2,(H2,24,29)/b19-16-. The van der Waals surface area contributed by atoms with Gasteiger partial charge in [0, 0.05) is 36.8 Å². The number of thioether (sulfide) groups is 1. The van der Waals surface area contributed by atoms with Gasteiger partial charge in [-0.3, -0.25) is 9.69 Å². The van der Waals surface area contributed by atoms with Gasteiger partial charge in [-0.1, -0.05) is 11.8 Å². The van der Waals surface area contributed by atoms with Crippen LogP contribution in [0.1, 0.15) is 11.5 Å². The van der Waals surface area contributed by atoms with Crippen molar-refractivity contribution in [2.24, 2.45) is 5.73 Å². The fourth-order valence-electron chi connectivity index (χ4n) is 3.23. The lowest BCUT2D eigenvalue weighted by molar-refractivity contribution is -0.141. The summed E-state index contributed by atoms with van der Waals surface area (Å²) in [4.78, 5) is 22.4. The number of nitrogens with one attached hydrogen (secondary N) is 1. The van der Waals surface area contributed by atoms with Crippen LogP contribution < -0.4 is 15.8 Å². The first kappa shape index (κ1) is 22.4. The molecule has 12 heteroatoms. The molecular formula is C20H20F3N5O3S. The van der Waals surface area contributed by atoms with Gasteiger partial charge in [0.15, 0.2) is 5.82 Å². The van der Waals surface area contributed by atoms with Gasteiger partial charge in [0.1, 0.15) is 23.6 Å². The Labute approximate surface area is 186 Å². The Hall–Kier alpha value is -2.83. The zero-order valence-corrected chi connectivity index (χ0v) is 17.6. The summed E-state index contributed by atoms with van der Waals surface area (Å²) >= 11 is 1.16. The average molecular weight is 467 g/mol. The van der Waals surface area contributed by atoms with Crippen LogP contribution in [-0.4, -0.2) is 60.2 Å². The van der Waals surface area contributed by atoms with Crippen molar-refractivity contribution in [3.63, 3.8) is 0 Å². The summed E-state index contributed by atoms with van der Waals surface area (Å²) in [6.07, 6.45) is -3.72. The summed E-state index contributed by atoms with van der Waals surface area (Å²) in [6, 6.07) is 6.09. The molecule has 1 fully saturated rings. The van der Waals surface area contributed by atoms with E-state index in [2.05, 4.69) is 20.2 Å². The van der Waals surface area contributed by atoms with E-state index in [9.17, 15) is 18.0 Å². The highest BCUT2D eigenvalue weighted by Crippen LogP contribution is 2.45. The quantitative estimate of drug-likeness (QED) is 0.625. The minimum Gasteiger partial charge on any atom is -0.492 e. The second-order valence-electron chi connectivity index (χ2n) is 7.02. The summed E-state index contributed by atoms with van der Waals surface area (Å²) in [5, 5.41) is 3.29. The zero-order chi connectivity index (χ0) is 22.7. The van der Waals surface area contributed by atoms with Crippen LogP contribution in [0.15, 0.2) is 40.4 Å². The number of alkyl halides is 3. The Kier molecular flexibility index (Phi) is 6.53. The van der Waals surface area contributed by atoms with E-state index >= 15 is 0 Å². The number of hydrogen-bond acceptors (Lipinski definition) is 8. The summed E-state index contributed by atoms with van der Waals surface area (Å²) in [6.45, 7) is 4.44. The summed E-state index contributed by atoms with van der Waals surface area (Å²) in [7, 11) is 0. The van der Waals surface area contributed by atoms with Gasteiger partial charge in [0.25, 0.3) is 5.91 Å². The van der Waals surface area contributed by atoms with E-state index in [1.807, 2.05) is 0 Å². The number of ether oxygens (including phenoxy) is 2. The molecule has 1 aromatic heterocycles. The van der Waals surface area contributed by atoms with E-state index in [0.29, 0.717) is 31.3 Å². The zero-order valence-electron chi connectivity index (χ0n) is 16.8. The van der Waals surface area contributed by atoms with E-state index in [1.54, 1.807) is 18.2 Å². The van der Waals surface area contributed by atoms with Gasteiger partial charge >= 0.3 is 6.18 Å². The normalized spacial score (nSPS) is 18.1. The summed E-state index contributed by atoms with van der Waals surface area (Å²) < 4.78 is 50.2. The Bertz CT molecular complexity index is 1040.